The van der Waals surface area contributed by atoms with Crippen molar-refractivity contribution < 1.29 is 27.3 Å². The Balaban J connectivity index is 1.67. The van der Waals surface area contributed by atoms with Crippen LogP contribution in [-0.4, -0.2) is 69.6 Å². The van der Waals surface area contributed by atoms with E-state index in [4.69, 9.17) is 16.3 Å². The van der Waals surface area contributed by atoms with E-state index < -0.39 is 40.7 Å². The molecule has 1 amide bonds. The molecule has 2 aliphatic rings. The minimum absolute atomic E-state index is 0.0397. The van der Waals surface area contributed by atoms with Crippen molar-refractivity contribution in [3.8, 4) is 6.07 Å². The third-order valence-corrected chi connectivity index (χ3v) is 7.64. The predicted molar refractivity (Wildman–Crippen MR) is 145 cm³/mol. The minimum Gasteiger partial charge on any atom is -0.609 e. The molecule has 1 unspecified atom stereocenters. The number of amides is 1. The van der Waals surface area contributed by atoms with Crippen molar-refractivity contribution in [2.24, 2.45) is 0 Å². The molecule has 0 bridgehead atoms. The first-order chi connectivity index (χ1) is 18.7. The van der Waals surface area contributed by atoms with Gasteiger partial charge in [0.15, 0.2) is 0 Å². The Morgan fingerprint density at radius 3 is 2.58 bits per heavy atom. The molecule has 0 spiro atoms. The van der Waals surface area contributed by atoms with E-state index in [2.05, 4.69) is 16.0 Å². The second kappa shape index (κ2) is 11.5. The van der Waals surface area contributed by atoms with Gasteiger partial charge in [-0.25, -0.2) is 4.79 Å². The van der Waals surface area contributed by atoms with Crippen LogP contribution < -0.4 is 9.80 Å². The van der Waals surface area contributed by atoms with Crippen LogP contribution in [0.1, 0.15) is 44.0 Å². The molecule has 4 rings (SSSR count). The summed E-state index contributed by atoms with van der Waals surface area (Å²) in [6.45, 7) is 6.52. The van der Waals surface area contributed by atoms with Crippen LogP contribution in [0.4, 0.5) is 29.5 Å². The van der Waals surface area contributed by atoms with Gasteiger partial charge < -0.3 is 24.0 Å². The first kappa shape index (κ1) is 30.0. The highest BCUT2D eigenvalue weighted by Crippen LogP contribution is 2.42. The zero-order chi connectivity index (χ0) is 29.4. The number of fused-ring (bicyclic) bond motifs is 1. The summed E-state index contributed by atoms with van der Waals surface area (Å²) >= 11 is 4.39. The molecular weight excluding hydrogens is 569 g/mol. The lowest BCUT2D eigenvalue weighted by molar-refractivity contribution is -0.137. The fourth-order valence-corrected chi connectivity index (χ4v) is 5.66. The van der Waals surface area contributed by atoms with Crippen molar-refractivity contribution in [1.29, 1.82) is 5.26 Å². The van der Waals surface area contributed by atoms with Crippen LogP contribution in [0, 0.1) is 11.3 Å². The van der Waals surface area contributed by atoms with Gasteiger partial charge in [0.05, 0.1) is 47.0 Å². The molecule has 3 heterocycles. The van der Waals surface area contributed by atoms with E-state index in [1.165, 1.54) is 29.4 Å². The number of nitrogens with zero attached hydrogens (tertiary/aromatic N) is 6. The molecule has 14 heteroatoms. The molecule has 0 N–H and O–H groups in total. The van der Waals surface area contributed by atoms with Gasteiger partial charge in [-0.3, -0.25) is 0 Å². The van der Waals surface area contributed by atoms with E-state index in [0.717, 1.165) is 5.56 Å². The average molecular weight is 599 g/mol. The van der Waals surface area contributed by atoms with Crippen molar-refractivity contribution in [3.63, 3.8) is 0 Å². The number of benzene rings is 1. The Morgan fingerprint density at radius 2 is 1.95 bits per heavy atom. The second-order valence-corrected chi connectivity index (χ2v) is 12.3. The van der Waals surface area contributed by atoms with Crippen molar-refractivity contribution in [2.75, 3.05) is 42.2 Å². The van der Waals surface area contributed by atoms with Crippen LogP contribution in [0.25, 0.3) is 0 Å². The van der Waals surface area contributed by atoms with E-state index in [9.17, 15) is 27.8 Å². The number of anilines is 2. The summed E-state index contributed by atoms with van der Waals surface area (Å²) in [5, 5.41) is 9.12. The van der Waals surface area contributed by atoms with E-state index in [1.807, 2.05) is 4.90 Å². The lowest BCUT2D eigenvalue weighted by Gasteiger charge is -2.42. The SMILES string of the molecule is C[S+]([O-])c1nc2c(c(N3CCN(C(=O)OC(C)(C)C)[C@@H](CC#N)C3)n1)CCN(c1cccc(Cl)c1C(F)(F)F)C2. The van der Waals surface area contributed by atoms with Crippen molar-refractivity contribution in [1.82, 2.24) is 14.9 Å². The lowest BCUT2D eigenvalue weighted by atomic mass is 10.0. The topological polar surface area (TPSA) is 109 Å². The molecule has 1 saturated heterocycles. The van der Waals surface area contributed by atoms with Gasteiger partial charge >= 0.3 is 17.4 Å². The Bertz CT molecular complexity index is 1310. The molecule has 9 nitrogen and oxygen atoms in total. The highest BCUT2D eigenvalue weighted by atomic mass is 35.5. The number of carbonyl (C=O) groups excluding carboxylic acids is 1. The van der Waals surface area contributed by atoms with Gasteiger partial charge in [-0.05, 0) is 39.3 Å². The summed E-state index contributed by atoms with van der Waals surface area (Å²) in [6.07, 6.45) is -3.32. The van der Waals surface area contributed by atoms with Gasteiger partial charge in [-0.2, -0.15) is 28.4 Å². The summed E-state index contributed by atoms with van der Waals surface area (Å²) < 4.78 is 59.6. The van der Waals surface area contributed by atoms with E-state index in [-0.39, 0.29) is 48.5 Å². The first-order valence-electron chi connectivity index (χ1n) is 12.6. The zero-order valence-corrected chi connectivity index (χ0v) is 24.2. The van der Waals surface area contributed by atoms with Crippen molar-refractivity contribution in [3.05, 3.63) is 40.0 Å². The van der Waals surface area contributed by atoms with Gasteiger partial charge in [0.1, 0.15) is 17.7 Å². The summed E-state index contributed by atoms with van der Waals surface area (Å²) in [7, 11) is 0. The Kier molecular flexibility index (Phi) is 8.63. The molecule has 1 aromatic carbocycles. The van der Waals surface area contributed by atoms with Gasteiger partial charge in [0.2, 0.25) is 0 Å². The molecule has 216 valence electrons. The largest absolute Gasteiger partial charge is 0.609 e. The first-order valence-corrected chi connectivity index (χ1v) is 14.6. The number of nitriles is 1. The van der Waals surface area contributed by atoms with Crippen LogP contribution >= 0.6 is 11.6 Å². The van der Waals surface area contributed by atoms with Crippen LogP contribution in [0.3, 0.4) is 0 Å². The van der Waals surface area contributed by atoms with Crippen LogP contribution in [0.5, 0.6) is 0 Å². The molecule has 2 aliphatic heterocycles. The second-order valence-electron chi connectivity index (χ2n) is 10.6. The average Bonchev–Trinajstić information content (AvgIpc) is 2.85. The maximum Gasteiger partial charge on any atom is 0.419 e. The number of aromatic nitrogens is 2. The van der Waals surface area contributed by atoms with Crippen LogP contribution in [-0.2, 0) is 35.1 Å². The van der Waals surface area contributed by atoms with E-state index in [0.29, 0.717) is 24.5 Å². The quantitative estimate of drug-likeness (QED) is 0.365. The number of carbonyl (C=O) groups is 1. The lowest BCUT2D eigenvalue weighted by Crippen LogP contribution is -2.56. The molecule has 40 heavy (non-hydrogen) atoms. The Hall–Kier alpha value is -2.95. The maximum absolute atomic E-state index is 13.9. The fourth-order valence-electron chi connectivity index (χ4n) is 4.93. The molecule has 2 aromatic rings. The number of halogens is 4. The molecule has 0 aliphatic carbocycles. The molecule has 2 atom stereocenters. The highest BCUT2D eigenvalue weighted by Gasteiger charge is 2.39. The van der Waals surface area contributed by atoms with Crippen molar-refractivity contribution >= 4 is 40.4 Å². The number of hydrogen-bond acceptors (Lipinski definition) is 8. The Labute approximate surface area is 239 Å². The van der Waals surface area contributed by atoms with Gasteiger partial charge in [0.25, 0.3) is 0 Å². The van der Waals surface area contributed by atoms with Crippen LogP contribution in [0.2, 0.25) is 5.02 Å². The Morgan fingerprint density at radius 1 is 1.23 bits per heavy atom. The molecule has 1 fully saturated rings. The molecular formula is C26H30ClF3N6O3S. The monoisotopic (exact) mass is 598 g/mol. The highest BCUT2D eigenvalue weighted by molar-refractivity contribution is 7.90. The molecule has 0 saturated carbocycles. The summed E-state index contributed by atoms with van der Waals surface area (Å²) in [5.74, 6) is 0.517. The normalized spacial score (nSPS) is 18.7. The smallest absolute Gasteiger partial charge is 0.419 e. The van der Waals surface area contributed by atoms with Gasteiger partial charge in [-0.15, -0.1) is 0 Å². The number of piperazine rings is 1. The third kappa shape index (κ3) is 6.50. The molecule has 1 aromatic heterocycles. The van der Waals surface area contributed by atoms with Gasteiger partial charge in [0, 0.05) is 42.9 Å². The fraction of sp³-hybridized carbons (Fsp3) is 0.538. The summed E-state index contributed by atoms with van der Waals surface area (Å²) in [5.41, 5.74) is -0.447. The summed E-state index contributed by atoms with van der Waals surface area (Å²) in [6, 6.07) is 5.71. The number of ether oxygens (including phenoxy) is 1. The van der Waals surface area contributed by atoms with E-state index >= 15 is 0 Å². The standard InChI is InChI=1S/C26H30ClF3N6O3S/c1-25(2,3)39-24(37)36-13-12-35(14-16(36)8-10-31)22-17-9-11-34(15-19(17)32-23(33-22)40(4)38)20-7-5-6-18(27)21(20)26(28,29)30/h5-7,16H,8-9,11-15H2,1-4H3/t16-,40?/m0/s1. The minimum atomic E-state index is -4.65. The molecule has 0 radical (unpaired) electrons. The number of hydrogen-bond donors (Lipinski definition) is 0. The summed E-state index contributed by atoms with van der Waals surface area (Å²) in [4.78, 5) is 26.9. The predicted octanol–water partition coefficient (Wildman–Crippen LogP) is 4.79. The number of rotatable bonds is 4. The zero-order valence-electron chi connectivity index (χ0n) is 22.6. The third-order valence-electron chi connectivity index (χ3n) is 6.63. The van der Waals surface area contributed by atoms with E-state index in [1.54, 1.807) is 25.7 Å². The maximum atomic E-state index is 13.9. The van der Waals surface area contributed by atoms with Crippen LogP contribution in [0.15, 0.2) is 23.4 Å². The number of alkyl halides is 3. The van der Waals surface area contributed by atoms with Crippen molar-refractivity contribution in [2.45, 2.75) is 63.1 Å². The van der Waals surface area contributed by atoms with Gasteiger partial charge in [-0.1, -0.05) is 17.7 Å².